The van der Waals surface area contributed by atoms with Crippen molar-refractivity contribution in [1.82, 2.24) is 4.90 Å². The predicted molar refractivity (Wildman–Crippen MR) is 129 cm³/mol. The maximum Gasteiger partial charge on any atom is 0.258 e. The summed E-state index contributed by atoms with van der Waals surface area (Å²) in [6.45, 7) is 3.23. The summed E-state index contributed by atoms with van der Waals surface area (Å²) < 4.78 is 14.2. The van der Waals surface area contributed by atoms with Gasteiger partial charge in [0.2, 0.25) is 5.91 Å². The van der Waals surface area contributed by atoms with Crippen LogP contribution >= 0.6 is 27.7 Å². The molecule has 166 valence electrons. The minimum atomic E-state index is -0.792. The molecule has 32 heavy (non-hydrogen) atoms. The second-order valence-electron chi connectivity index (χ2n) is 7.67. The largest absolute Gasteiger partial charge is 0.400 e. The Morgan fingerprint density at radius 1 is 1.19 bits per heavy atom. The van der Waals surface area contributed by atoms with Gasteiger partial charge in [0.1, 0.15) is 16.1 Å². The molecule has 0 saturated carbocycles. The minimum absolute atomic E-state index is 0.194. The van der Waals surface area contributed by atoms with Crippen LogP contribution in [0, 0.1) is 12.7 Å². The number of hydrogen-bond donors (Lipinski definition) is 2. The molecule has 0 unspecified atom stereocenters. The number of thioether (sulfide) groups is 1. The molecule has 3 N–H and O–H groups in total. The van der Waals surface area contributed by atoms with E-state index >= 15 is 0 Å². The fraction of sp³-hybridized carbons (Fsp3) is 0.261. The highest BCUT2D eigenvalue weighted by Crippen LogP contribution is 2.36. The van der Waals surface area contributed by atoms with Crippen molar-refractivity contribution in [2.75, 3.05) is 18.4 Å². The van der Waals surface area contributed by atoms with Crippen LogP contribution in [0.1, 0.15) is 18.4 Å². The number of aryl methyl sites for hydroxylation is 1. The molecule has 0 spiro atoms. The summed E-state index contributed by atoms with van der Waals surface area (Å²) in [6.07, 6.45) is 1.87. The summed E-state index contributed by atoms with van der Waals surface area (Å²) in [5, 5.41) is 2.46. The number of halogens is 2. The number of nitrogens with one attached hydrogen (secondary N) is 1. The lowest BCUT2D eigenvalue weighted by Crippen LogP contribution is -2.33. The molecule has 0 radical (unpaired) electrons. The van der Waals surface area contributed by atoms with Crippen LogP contribution in [-0.4, -0.2) is 40.1 Å². The van der Waals surface area contributed by atoms with Gasteiger partial charge in [0, 0.05) is 28.9 Å². The molecular weight excluding hydrogens is 495 g/mol. The fourth-order valence-electron chi connectivity index (χ4n) is 3.62. The quantitative estimate of drug-likeness (QED) is 0.625. The number of nitrogens with zero attached hydrogens (tertiary/aromatic N) is 2. The van der Waals surface area contributed by atoms with Crippen molar-refractivity contribution < 1.29 is 14.0 Å². The molecule has 2 aliphatic heterocycles. The highest BCUT2D eigenvalue weighted by molar-refractivity contribution is 9.10. The van der Waals surface area contributed by atoms with E-state index in [1.807, 2.05) is 19.1 Å². The zero-order valence-electron chi connectivity index (χ0n) is 17.4. The maximum atomic E-state index is 13.3. The van der Waals surface area contributed by atoms with Gasteiger partial charge >= 0.3 is 0 Å². The van der Waals surface area contributed by atoms with Gasteiger partial charge in [0.25, 0.3) is 5.91 Å². The van der Waals surface area contributed by atoms with E-state index in [0.29, 0.717) is 29.5 Å². The lowest BCUT2D eigenvalue weighted by molar-refractivity contribution is -0.125. The number of rotatable bonds is 4. The molecule has 0 bridgehead atoms. The van der Waals surface area contributed by atoms with Gasteiger partial charge in [-0.25, -0.2) is 9.38 Å². The van der Waals surface area contributed by atoms with Crippen molar-refractivity contribution in [1.29, 1.82) is 0 Å². The van der Waals surface area contributed by atoms with Gasteiger partial charge in [-0.1, -0.05) is 27.7 Å². The topological polar surface area (TPSA) is 87.8 Å². The van der Waals surface area contributed by atoms with Crippen molar-refractivity contribution in [2.45, 2.75) is 25.0 Å². The highest BCUT2D eigenvalue weighted by Gasteiger charge is 2.40. The van der Waals surface area contributed by atoms with Crippen molar-refractivity contribution >= 4 is 55.9 Å². The summed E-state index contributed by atoms with van der Waals surface area (Å²) in [4.78, 5) is 32.6. The first-order valence-electron chi connectivity index (χ1n) is 10.2. The lowest BCUT2D eigenvalue weighted by Gasteiger charge is -2.16. The summed E-state index contributed by atoms with van der Waals surface area (Å²) in [7, 11) is 0. The van der Waals surface area contributed by atoms with Crippen molar-refractivity contribution in [3.05, 3.63) is 69.6 Å². The van der Waals surface area contributed by atoms with Crippen molar-refractivity contribution in [3.63, 3.8) is 0 Å². The summed E-state index contributed by atoms with van der Waals surface area (Å²) >= 11 is 4.58. The van der Waals surface area contributed by atoms with Crippen LogP contribution in [0.4, 0.5) is 15.8 Å². The van der Waals surface area contributed by atoms with Crippen LogP contribution in [0.2, 0.25) is 0 Å². The molecule has 0 aromatic heterocycles. The molecule has 9 heteroatoms. The van der Waals surface area contributed by atoms with Gasteiger partial charge in [-0.3, -0.25) is 9.59 Å². The minimum Gasteiger partial charge on any atom is -0.400 e. The first-order valence-corrected chi connectivity index (χ1v) is 11.9. The molecule has 1 fully saturated rings. The lowest BCUT2D eigenvalue weighted by atomic mass is 10.1. The molecule has 2 aromatic rings. The van der Waals surface area contributed by atoms with Gasteiger partial charge in [0.15, 0.2) is 0 Å². The Bertz CT molecular complexity index is 1130. The number of hydrogen-bond acceptors (Lipinski definition) is 5. The second kappa shape index (κ2) is 9.46. The number of benzene rings is 2. The molecule has 2 aliphatic rings. The van der Waals surface area contributed by atoms with E-state index < -0.39 is 5.25 Å². The van der Waals surface area contributed by atoms with Gasteiger partial charge in [-0.2, -0.15) is 0 Å². The molecule has 1 saturated heterocycles. The Kier molecular flexibility index (Phi) is 6.66. The van der Waals surface area contributed by atoms with Crippen LogP contribution < -0.4 is 11.1 Å². The van der Waals surface area contributed by atoms with Crippen LogP contribution in [0.25, 0.3) is 0 Å². The van der Waals surface area contributed by atoms with Crippen molar-refractivity contribution in [3.8, 4) is 0 Å². The molecule has 4 rings (SSSR count). The van der Waals surface area contributed by atoms with E-state index in [-0.39, 0.29) is 28.9 Å². The van der Waals surface area contributed by atoms with E-state index in [2.05, 4.69) is 26.2 Å². The predicted octanol–water partition coefficient (Wildman–Crippen LogP) is 4.52. The summed E-state index contributed by atoms with van der Waals surface area (Å²) in [6, 6.07) is 11.1. The normalized spacial score (nSPS) is 19.7. The Morgan fingerprint density at radius 3 is 2.53 bits per heavy atom. The number of likely N-dealkylation sites (tertiary alicyclic amines) is 1. The SMILES string of the molecule is Cc1cc(NC(=O)[C@H]2SC(=Nc3ccc(F)cc3)C(C(=O)N3CCCC3)=C2N)ccc1Br. The number of carbonyl (C=O) groups excluding carboxylic acids is 2. The first kappa shape index (κ1) is 22.5. The van der Waals surface area contributed by atoms with E-state index in [0.717, 1.165) is 34.6 Å². The van der Waals surface area contributed by atoms with Crippen molar-refractivity contribution in [2.24, 2.45) is 10.7 Å². The third-order valence-electron chi connectivity index (χ3n) is 5.34. The third kappa shape index (κ3) is 4.73. The Morgan fingerprint density at radius 2 is 1.88 bits per heavy atom. The molecule has 6 nitrogen and oxygen atoms in total. The number of nitrogens with two attached hydrogens (primary N) is 1. The molecule has 2 amide bonds. The summed E-state index contributed by atoms with van der Waals surface area (Å²) in [5.74, 6) is -0.924. The van der Waals surface area contributed by atoms with Crippen LogP contribution in [0.5, 0.6) is 0 Å². The zero-order valence-corrected chi connectivity index (χ0v) is 19.8. The molecule has 0 aliphatic carbocycles. The van der Waals surface area contributed by atoms with Gasteiger partial charge in [-0.05, 0) is 67.8 Å². The number of aliphatic imine (C=N–C) groups is 1. The monoisotopic (exact) mass is 516 g/mol. The average molecular weight is 517 g/mol. The van der Waals surface area contributed by atoms with E-state index in [9.17, 15) is 14.0 Å². The zero-order chi connectivity index (χ0) is 22.8. The highest BCUT2D eigenvalue weighted by atomic mass is 79.9. The van der Waals surface area contributed by atoms with E-state index in [1.165, 1.54) is 24.3 Å². The second-order valence-corrected chi connectivity index (χ2v) is 9.62. The summed E-state index contributed by atoms with van der Waals surface area (Å²) in [5.41, 5.74) is 8.93. The molecular formula is C23H22BrFN4O2S. The Balaban J connectivity index is 1.65. The van der Waals surface area contributed by atoms with Crippen LogP contribution in [0.3, 0.4) is 0 Å². The third-order valence-corrected chi connectivity index (χ3v) is 7.45. The van der Waals surface area contributed by atoms with Crippen LogP contribution in [0.15, 0.2) is 63.2 Å². The first-order chi connectivity index (χ1) is 15.3. The number of amides is 2. The molecule has 1 atom stereocenters. The molecule has 2 aromatic carbocycles. The Hall–Kier alpha value is -2.65. The average Bonchev–Trinajstić information content (AvgIpc) is 3.40. The standard InChI is InChI=1S/C23H22BrFN4O2S/c1-13-12-16(8-9-17(13)24)27-21(30)20-19(26)18(23(31)29-10-2-3-11-29)22(32-20)28-15-6-4-14(25)5-7-15/h4-9,12,20H,2-3,10-11,26H2,1H3,(H,27,30)/t20-/m0/s1. The number of anilines is 1. The fourth-order valence-corrected chi connectivity index (χ4v) is 4.98. The Labute approximate surface area is 198 Å². The maximum absolute atomic E-state index is 13.3. The van der Waals surface area contributed by atoms with Gasteiger partial charge in [-0.15, -0.1) is 0 Å². The van der Waals surface area contributed by atoms with E-state index in [1.54, 1.807) is 11.0 Å². The van der Waals surface area contributed by atoms with Crippen LogP contribution in [-0.2, 0) is 9.59 Å². The van der Waals surface area contributed by atoms with E-state index in [4.69, 9.17) is 5.73 Å². The van der Waals surface area contributed by atoms with Gasteiger partial charge < -0.3 is 16.0 Å². The number of carbonyl (C=O) groups is 2. The van der Waals surface area contributed by atoms with Gasteiger partial charge in [0.05, 0.1) is 11.3 Å². The smallest absolute Gasteiger partial charge is 0.258 e. The molecule has 2 heterocycles.